The summed E-state index contributed by atoms with van der Waals surface area (Å²) >= 11 is 0. The Labute approximate surface area is 139 Å². The van der Waals surface area contributed by atoms with Crippen molar-refractivity contribution in [2.75, 3.05) is 26.3 Å². The van der Waals surface area contributed by atoms with Gasteiger partial charge < -0.3 is 19.5 Å². The van der Waals surface area contributed by atoms with E-state index in [1.54, 1.807) is 27.7 Å². The van der Waals surface area contributed by atoms with Crippen molar-refractivity contribution < 1.29 is 19.5 Å². The molecule has 1 saturated heterocycles. The number of morpholine rings is 1. The standard InChI is InChI=1S/C17H28BNO4/c1-16(2,20)17(3,4)23-18(21)15-7-5-14(6-8-15)13-19-9-11-22-12-10-19/h5-8,20-21H,9-13H2,1-4H3. The van der Waals surface area contributed by atoms with Crippen LogP contribution >= 0.6 is 0 Å². The molecule has 1 heterocycles. The Hall–Kier alpha value is -0.915. The molecule has 1 fully saturated rings. The first-order valence-corrected chi connectivity index (χ1v) is 8.16. The number of nitrogens with zero attached hydrogens (tertiary/aromatic N) is 1. The second-order valence-corrected chi connectivity index (χ2v) is 7.17. The van der Waals surface area contributed by atoms with E-state index in [0.29, 0.717) is 5.46 Å². The molecule has 6 heteroatoms. The summed E-state index contributed by atoms with van der Waals surface area (Å²) in [6.45, 7) is 11.2. The van der Waals surface area contributed by atoms with Gasteiger partial charge in [0.05, 0.1) is 24.4 Å². The first-order chi connectivity index (χ1) is 10.7. The van der Waals surface area contributed by atoms with Crippen molar-refractivity contribution in [2.45, 2.75) is 45.4 Å². The van der Waals surface area contributed by atoms with Crippen molar-refractivity contribution in [3.8, 4) is 0 Å². The Morgan fingerprint density at radius 1 is 1.13 bits per heavy atom. The summed E-state index contributed by atoms with van der Waals surface area (Å²) in [5, 5.41) is 20.4. The lowest BCUT2D eigenvalue weighted by molar-refractivity contribution is -0.0982. The molecule has 0 spiro atoms. The predicted molar refractivity (Wildman–Crippen MR) is 91.6 cm³/mol. The fourth-order valence-corrected chi connectivity index (χ4v) is 2.30. The van der Waals surface area contributed by atoms with Crippen LogP contribution < -0.4 is 5.46 Å². The van der Waals surface area contributed by atoms with Gasteiger partial charge >= 0.3 is 7.12 Å². The van der Waals surface area contributed by atoms with Crippen LogP contribution in [0, 0.1) is 0 Å². The van der Waals surface area contributed by atoms with E-state index in [1.807, 2.05) is 24.3 Å². The number of rotatable bonds is 6. The molecule has 1 aliphatic heterocycles. The van der Waals surface area contributed by atoms with E-state index in [9.17, 15) is 10.1 Å². The van der Waals surface area contributed by atoms with E-state index < -0.39 is 18.3 Å². The van der Waals surface area contributed by atoms with Gasteiger partial charge in [-0.05, 0) is 38.7 Å². The molecule has 128 valence electrons. The maximum atomic E-state index is 10.3. The highest BCUT2D eigenvalue weighted by Crippen LogP contribution is 2.25. The quantitative estimate of drug-likeness (QED) is 0.758. The summed E-state index contributed by atoms with van der Waals surface area (Å²) in [7, 11) is -1.06. The van der Waals surface area contributed by atoms with E-state index in [1.165, 1.54) is 5.56 Å². The van der Waals surface area contributed by atoms with Crippen molar-refractivity contribution in [1.29, 1.82) is 0 Å². The fraction of sp³-hybridized carbons (Fsp3) is 0.647. The first-order valence-electron chi connectivity index (χ1n) is 8.16. The highest BCUT2D eigenvalue weighted by molar-refractivity contribution is 6.60. The lowest BCUT2D eigenvalue weighted by Crippen LogP contribution is -2.53. The van der Waals surface area contributed by atoms with Gasteiger partial charge in [-0.15, -0.1) is 0 Å². The van der Waals surface area contributed by atoms with Crippen LogP contribution in [0.1, 0.15) is 33.3 Å². The molecule has 0 unspecified atom stereocenters. The molecule has 0 aliphatic carbocycles. The van der Waals surface area contributed by atoms with Crippen LogP contribution in [0.4, 0.5) is 0 Å². The zero-order valence-corrected chi connectivity index (χ0v) is 14.6. The lowest BCUT2D eigenvalue weighted by Gasteiger charge is -2.38. The zero-order chi connectivity index (χ0) is 17.1. The molecular weight excluding hydrogens is 293 g/mol. The summed E-state index contributed by atoms with van der Waals surface area (Å²) in [4.78, 5) is 2.35. The van der Waals surface area contributed by atoms with Crippen LogP contribution in [0.3, 0.4) is 0 Å². The third kappa shape index (κ3) is 5.03. The van der Waals surface area contributed by atoms with Crippen LogP contribution in [0.15, 0.2) is 24.3 Å². The Kier molecular flexibility index (Phi) is 5.86. The van der Waals surface area contributed by atoms with Crippen LogP contribution in [-0.2, 0) is 15.9 Å². The molecule has 23 heavy (non-hydrogen) atoms. The topological polar surface area (TPSA) is 62.2 Å². The SMILES string of the molecule is CC(C)(O)C(C)(C)OB(O)c1ccc(CN2CCOCC2)cc1. The number of ether oxygens (including phenoxy) is 1. The summed E-state index contributed by atoms with van der Waals surface area (Å²) in [6.07, 6.45) is 0. The average Bonchev–Trinajstić information content (AvgIpc) is 2.47. The number of hydrogen-bond donors (Lipinski definition) is 2. The summed E-state index contributed by atoms with van der Waals surface area (Å²) in [5.41, 5.74) is -0.0268. The van der Waals surface area contributed by atoms with Crippen LogP contribution in [0.25, 0.3) is 0 Å². The molecule has 0 atom stereocenters. The van der Waals surface area contributed by atoms with Crippen molar-refractivity contribution in [2.24, 2.45) is 0 Å². The van der Waals surface area contributed by atoms with Crippen molar-refractivity contribution in [3.63, 3.8) is 0 Å². The molecule has 5 nitrogen and oxygen atoms in total. The first kappa shape index (κ1) is 18.4. The largest absolute Gasteiger partial charge is 0.491 e. The predicted octanol–water partition coefficient (Wildman–Crippen LogP) is 0.772. The van der Waals surface area contributed by atoms with Crippen molar-refractivity contribution in [3.05, 3.63) is 29.8 Å². The molecule has 0 radical (unpaired) electrons. The minimum Gasteiger partial charge on any atom is -0.423 e. The van der Waals surface area contributed by atoms with E-state index in [4.69, 9.17) is 9.39 Å². The maximum Gasteiger partial charge on any atom is 0.491 e. The smallest absolute Gasteiger partial charge is 0.423 e. The summed E-state index contributed by atoms with van der Waals surface area (Å²) < 4.78 is 11.0. The Bertz CT molecular complexity index is 492. The number of benzene rings is 1. The van der Waals surface area contributed by atoms with Gasteiger partial charge in [0, 0.05) is 19.6 Å². The molecule has 0 amide bonds. The van der Waals surface area contributed by atoms with E-state index in [0.717, 1.165) is 32.8 Å². The molecule has 0 bridgehead atoms. The highest BCUT2D eigenvalue weighted by Gasteiger charge is 2.39. The molecule has 1 aliphatic rings. The zero-order valence-electron chi connectivity index (χ0n) is 14.6. The molecule has 1 aromatic rings. The minimum absolute atomic E-state index is 0.688. The third-order valence-electron chi connectivity index (χ3n) is 4.65. The van der Waals surface area contributed by atoms with Gasteiger partial charge in [-0.1, -0.05) is 24.3 Å². The van der Waals surface area contributed by atoms with Crippen LogP contribution in [0.5, 0.6) is 0 Å². The Morgan fingerprint density at radius 3 is 2.22 bits per heavy atom. The van der Waals surface area contributed by atoms with Gasteiger partial charge in [0.25, 0.3) is 0 Å². The molecule has 0 saturated carbocycles. The van der Waals surface area contributed by atoms with Crippen LogP contribution in [0.2, 0.25) is 0 Å². The number of aliphatic hydroxyl groups is 1. The second-order valence-electron chi connectivity index (χ2n) is 7.17. The van der Waals surface area contributed by atoms with Gasteiger partial charge in [0.1, 0.15) is 0 Å². The summed E-state index contributed by atoms with van der Waals surface area (Å²) in [5.74, 6) is 0. The van der Waals surface area contributed by atoms with Crippen molar-refractivity contribution in [1.82, 2.24) is 4.90 Å². The maximum absolute atomic E-state index is 10.3. The minimum atomic E-state index is -1.06. The van der Waals surface area contributed by atoms with Crippen molar-refractivity contribution >= 4 is 12.6 Å². The summed E-state index contributed by atoms with van der Waals surface area (Å²) in [6, 6.07) is 7.77. The van der Waals surface area contributed by atoms with Gasteiger partial charge in [-0.25, -0.2) is 0 Å². The lowest BCUT2D eigenvalue weighted by atomic mass is 9.76. The molecule has 2 rings (SSSR count). The van der Waals surface area contributed by atoms with E-state index in [2.05, 4.69) is 4.90 Å². The van der Waals surface area contributed by atoms with E-state index in [-0.39, 0.29) is 0 Å². The Morgan fingerprint density at radius 2 is 1.70 bits per heavy atom. The Balaban J connectivity index is 1.95. The molecular formula is C17H28BNO4. The van der Waals surface area contributed by atoms with E-state index >= 15 is 0 Å². The van der Waals surface area contributed by atoms with Gasteiger partial charge in [0.2, 0.25) is 0 Å². The average molecular weight is 321 g/mol. The molecule has 1 aromatic carbocycles. The fourth-order valence-electron chi connectivity index (χ4n) is 2.30. The van der Waals surface area contributed by atoms with Gasteiger partial charge in [0.15, 0.2) is 0 Å². The number of hydrogen-bond acceptors (Lipinski definition) is 5. The van der Waals surface area contributed by atoms with Gasteiger partial charge in [-0.3, -0.25) is 4.90 Å². The van der Waals surface area contributed by atoms with Gasteiger partial charge in [-0.2, -0.15) is 0 Å². The van der Waals surface area contributed by atoms with Crippen LogP contribution in [-0.4, -0.2) is 59.7 Å². The molecule has 0 aromatic heterocycles. The third-order valence-corrected chi connectivity index (χ3v) is 4.65. The molecule has 2 N–H and O–H groups in total. The monoisotopic (exact) mass is 321 g/mol. The normalized spacial score (nSPS) is 17.3. The highest BCUT2D eigenvalue weighted by atomic mass is 16.5. The second kappa shape index (κ2) is 7.32.